The summed E-state index contributed by atoms with van der Waals surface area (Å²) < 4.78 is 0. The van der Waals surface area contributed by atoms with Gasteiger partial charge in [-0.15, -0.1) is 0 Å². The molecule has 5 nitrogen and oxygen atoms in total. The molecule has 142 valence electrons. The number of hydrogen-bond donors (Lipinski definition) is 3. The number of carbonyl (C=O) groups is 1. The lowest BCUT2D eigenvalue weighted by atomic mass is 9.96. The number of carbonyl (C=O) groups excluding carboxylic acids is 1. The van der Waals surface area contributed by atoms with E-state index in [1.807, 2.05) is 18.2 Å². The second kappa shape index (κ2) is 8.86. The highest BCUT2D eigenvalue weighted by molar-refractivity contribution is 7.80. The van der Waals surface area contributed by atoms with E-state index in [9.17, 15) is 9.90 Å². The molecule has 0 atom stereocenters. The van der Waals surface area contributed by atoms with Gasteiger partial charge in [0, 0.05) is 24.7 Å². The van der Waals surface area contributed by atoms with Crippen LogP contribution in [0.3, 0.4) is 0 Å². The van der Waals surface area contributed by atoms with Gasteiger partial charge in [-0.2, -0.15) is 0 Å². The maximum Gasteiger partial charge on any atom is 0.227 e. The number of phenols is 1. The first-order valence-electron chi connectivity index (χ1n) is 9.31. The number of thiocarbonyl (C=S) groups is 1. The molecular formula is C21H25N3O2S. The fourth-order valence-corrected chi connectivity index (χ4v) is 3.60. The van der Waals surface area contributed by atoms with Gasteiger partial charge in [-0.25, -0.2) is 0 Å². The van der Waals surface area contributed by atoms with Crippen molar-refractivity contribution in [1.82, 2.24) is 4.90 Å². The molecule has 1 saturated heterocycles. The standard InChI is InChI=1S/C21H25N3O2S/c1-2-15-7-3-4-8-17(15)23-21(27)24-13-11-16(12-14-24)20(26)22-18-9-5-6-10-19(18)25/h3-10,16,25H,2,11-14H2,1H3,(H,22,26)(H,23,27). The van der Waals surface area contributed by atoms with Gasteiger partial charge in [0.2, 0.25) is 5.91 Å². The zero-order chi connectivity index (χ0) is 19.2. The lowest BCUT2D eigenvalue weighted by molar-refractivity contribution is -0.121. The maximum absolute atomic E-state index is 12.5. The van der Waals surface area contributed by atoms with Crippen molar-refractivity contribution < 1.29 is 9.90 Å². The van der Waals surface area contributed by atoms with Crippen molar-refractivity contribution in [2.75, 3.05) is 23.7 Å². The van der Waals surface area contributed by atoms with E-state index in [-0.39, 0.29) is 17.6 Å². The van der Waals surface area contributed by atoms with Crippen LogP contribution in [0.25, 0.3) is 0 Å². The van der Waals surface area contributed by atoms with Crippen LogP contribution in [0.1, 0.15) is 25.3 Å². The number of aryl methyl sites for hydroxylation is 1. The number of hydrogen-bond acceptors (Lipinski definition) is 3. The lowest BCUT2D eigenvalue weighted by Crippen LogP contribution is -2.43. The second-order valence-corrected chi connectivity index (χ2v) is 7.10. The fraction of sp³-hybridized carbons (Fsp3) is 0.333. The Kier molecular flexibility index (Phi) is 6.29. The summed E-state index contributed by atoms with van der Waals surface area (Å²) >= 11 is 5.57. The van der Waals surface area contributed by atoms with Gasteiger partial charge in [-0.1, -0.05) is 37.3 Å². The molecule has 2 aromatic rings. The van der Waals surface area contributed by atoms with Crippen LogP contribution in [0.4, 0.5) is 11.4 Å². The molecule has 0 spiro atoms. The monoisotopic (exact) mass is 383 g/mol. The number of rotatable bonds is 4. The van der Waals surface area contributed by atoms with Crippen LogP contribution in [0.5, 0.6) is 5.75 Å². The second-order valence-electron chi connectivity index (χ2n) is 6.71. The van der Waals surface area contributed by atoms with E-state index in [1.165, 1.54) is 5.56 Å². The smallest absolute Gasteiger partial charge is 0.227 e. The summed E-state index contributed by atoms with van der Waals surface area (Å²) in [6.45, 7) is 3.59. The highest BCUT2D eigenvalue weighted by Gasteiger charge is 2.26. The molecule has 3 rings (SSSR count). The molecule has 0 aromatic heterocycles. The summed E-state index contributed by atoms with van der Waals surface area (Å²) in [4.78, 5) is 14.6. The number of para-hydroxylation sites is 3. The Morgan fingerprint density at radius 2 is 1.70 bits per heavy atom. The van der Waals surface area contributed by atoms with E-state index < -0.39 is 0 Å². The van der Waals surface area contributed by atoms with E-state index in [0.717, 1.165) is 38.0 Å². The summed E-state index contributed by atoms with van der Waals surface area (Å²) in [7, 11) is 0. The molecule has 1 aliphatic heterocycles. The maximum atomic E-state index is 12.5. The van der Waals surface area contributed by atoms with Gasteiger partial charge in [0.05, 0.1) is 5.69 Å². The first kappa shape index (κ1) is 19.2. The van der Waals surface area contributed by atoms with Gasteiger partial charge in [0.1, 0.15) is 5.75 Å². The summed E-state index contributed by atoms with van der Waals surface area (Å²) in [5, 5.41) is 16.7. The largest absolute Gasteiger partial charge is 0.506 e. The number of nitrogens with one attached hydrogen (secondary N) is 2. The van der Waals surface area contributed by atoms with Crippen molar-refractivity contribution in [3.05, 3.63) is 54.1 Å². The third kappa shape index (κ3) is 4.77. The van der Waals surface area contributed by atoms with E-state index in [1.54, 1.807) is 24.3 Å². The summed E-state index contributed by atoms with van der Waals surface area (Å²) in [6, 6.07) is 15.0. The van der Waals surface area contributed by atoms with Crippen LogP contribution < -0.4 is 10.6 Å². The molecule has 2 aromatic carbocycles. The minimum Gasteiger partial charge on any atom is -0.506 e. The summed E-state index contributed by atoms with van der Waals surface area (Å²) in [5.74, 6) is -0.0406. The quantitative estimate of drug-likeness (QED) is 0.550. The topological polar surface area (TPSA) is 64.6 Å². The van der Waals surface area contributed by atoms with Gasteiger partial charge in [0.25, 0.3) is 0 Å². The normalized spacial score (nSPS) is 14.6. The van der Waals surface area contributed by atoms with Crippen molar-refractivity contribution in [2.45, 2.75) is 26.2 Å². The van der Waals surface area contributed by atoms with Crippen molar-refractivity contribution in [3.8, 4) is 5.75 Å². The van der Waals surface area contributed by atoms with E-state index in [2.05, 4.69) is 28.5 Å². The average Bonchev–Trinajstić information content (AvgIpc) is 2.70. The SMILES string of the molecule is CCc1ccccc1NC(=S)N1CCC(C(=O)Nc2ccccc2O)CC1. The molecule has 3 N–H and O–H groups in total. The molecule has 1 heterocycles. The number of piperidine rings is 1. The highest BCUT2D eigenvalue weighted by Crippen LogP contribution is 2.25. The predicted molar refractivity (Wildman–Crippen MR) is 113 cm³/mol. The summed E-state index contributed by atoms with van der Waals surface area (Å²) in [6.07, 6.45) is 2.41. The number of nitrogens with zero attached hydrogens (tertiary/aromatic N) is 1. The fourth-order valence-electron chi connectivity index (χ4n) is 3.30. The van der Waals surface area contributed by atoms with E-state index >= 15 is 0 Å². The Labute approximate surface area is 165 Å². The Balaban J connectivity index is 1.53. The Morgan fingerprint density at radius 1 is 1.07 bits per heavy atom. The van der Waals surface area contributed by atoms with Crippen molar-refractivity contribution in [1.29, 1.82) is 0 Å². The molecule has 0 unspecified atom stereocenters. The molecule has 0 bridgehead atoms. The van der Waals surface area contributed by atoms with E-state index in [4.69, 9.17) is 12.2 Å². The van der Waals surface area contributed by atoms with Crippen LogP contribution in [-0.4, -0.2) is 34.1 Å². The molecule has 27 heavy (non-hydrogen) atoms. The predicted octanol–water partition coefficient (Wildman–Crippen LogP) is 4.00. The number of likely N-dealkylation sites (tertiary alicyclic amines) is 1. The first-order valence-corrected chi connectivity index (χ1v) is 9.72. The third-order valence-electron chi connectivity index (χ3n) is 4.95. The van der Waals surface area contributed by atoms with Crippen LogP contribution in [0, 0.1) is 5.92 Å². The van der Waals surface area contributed by atoms with Crippen LogP contribution in [0.15, 0.2) is 48.5 Å². The van der Waals surface area contributed by atoms with Crippen molar-refractivity contribution >= 4 is 34.6 Å². The Morgan fingerprint density at radius 3 is 2.37 bits per heavy atom. The first-order chi connectivity index (χ1) is 13.1. The molecule has 6 heteroatoms. The van der Waals surface area contributed by atoms with E-state index in [0.29, 0.717) is 10.8 Å². The zero-order valence-electron chi connectivity index (χ0n) is 15.4. The number of benzene rings is 2. The molecule has 0 aliphatic carbocycles. The minimum atomic E-state index is -0.0772. The Bertz CT molecular complexity index is 817. The van der Waals surface area contributed by atoms with Gasteiger partial charge in [0.15, 0.2) is 5.11 Å². The zero-order valence-corrected chi connectivity index (χ0v) is 16.3. The average molecular weight is 384 g/mol. The van der Waals surface area contributed by atoms with Crippen LogP contribution >= 0.6 is 12.2 Å². The number of anilines is 2. The van der Waals surface area contributed by atoms with Gasteiger partial charge >= 0.3 is 0 Å². The number of aromatic hydroxyl groups is 1. The van der Waals surface area contributed by atoms with Crippen LogP contribution in [-0.2, 0) is 11.2 Å². The highest BCUT2D eigenvalue weighted by atomic mass is 32.1. The molecule has 1 amide bonds. The Hall–Kier alpha value is -2.60. The molecule has 1 fully saturated rings. The van der Waals surface area contributed by atoms with Crippen LogP contribution in [0.2, 0.25) is 0 Å². The van der Waals surface area contributed by atoms with Gasteiger partial charge in [-0.05, 0) is 55.2 Å². The minimum absolute atomic E-state index is 0.0497. The molecule has 0 saturated carbocycles. The van der Waals surface area contributed by atoms with Crippen molar-refractivity contribution in [3.63, 3.8) is 0 Å². The molecular weight excluding hydrogens is 358 g/mol. The molecule has 1 aliphatic rings. The number of amides is 1. The lowest BCUT2D eigenvalue weighted by Gasteiger charge is -2.33. The van der Waals surface area contributed by atoms with Gasteiger partial charge < -0.3 is 20.6 Å². The van der Waals surface area contributed by atoms with Gasteiger partial charge in [-0.3, -0.25) is 4.79 Å². The molecule has 0 radical (unpaired) electrons. The third-order valence-corrected chi connectivity index (χ3v) is 5.32. The van der Waals surface area contributed by atoms with Crippen molar-refractivity contribution in [2.24, 2.45) is 5.92 Å². The summed E-state index contributed by atoms with van der Waals surface area (Å²) in [5.41, 5.74) is 2.74. The number of phenolic OH excluding ortho intramolecular Hbond substituents is 1.